The Hall–Kier alpha value is -0.780. The lowest BCUT2D eigenvalue weighted by atomic mass is 9.91. The lowest BCUT2D eigenvalue weighted by molar-refractivity contribution is 0.0864. The molecule has 0 aliphatic rings. The second-order valence-electron chi connectivity index (χ2n) is 4.17. The predicted octanol–water partition coefficient (Wildman–Crippen LogP) is 2.93. The summed E-state index contributed by atoms with van der Waals surface area (Å²) < 4.78 is 39.2. The van der Waals surface area contributed by atoms with Crippen molar-refractivity contribution in [2.45, 2.75) is 32.4 Å². The third-order valence-corrected chi connectivity index (χ3v) is 3.02. The predicted molar refractivity (Wildman–Crippen MR) is 66.0 cm³/mol. The molecule has 0 spiro atoms. The van der Waals surface area contributed by atoms with E-state index in [2.05, 4.69) is 0 Å². The third-order valence-electron chi connectivity index (χ3n) is 3.02. The van der Waals surface area contributed by atoms with E-state index in [9.17, 15) is 18.3 Å². The highest BCUT2D eigenvalue weighted by molar-refractivity contribution is 5.85. The summed E-state index contributed by atoms with van der Waals surface area (Å²) in [5.41, 5.74) is 5.44. The lowest BCUT2D eigenvalue weighted by Crippen LogP contribution is -2.32. The van der Waals surface area contributed by atoms with Gasteiger partial charge in [-0.1, -0.05) is 26.3 Å². The fourth-order valence-corrected chi connectivity index (χ4v) is 1.58. The minimum absolute atomic E-state index is 0. The van der Waals surface area contributed by atoms with Crippen molar-refractivity contribution in [1.29, 1.82) is 0 Å². The molecule has 104 valence electrons. The van der Waals surface area contributed by atoms with Crippen molar-refractivity contribution < 1.29 is 18.3 Å². The highest BCUT2D eigenvalue weighted by Gasteiger charge is 2.26. The second kappa shape index (κ2) is 6.97. The minimum Gasteiger partial charge on any atom is -0.391 e. The van der Waals surface area contributed by atoms with Crippen LogP contribution in [-0.4, -0.2) is 11.2 Å². The standard InChI is InChI=1S/C12H16F3NO.ClH/c1-3-6(2)12(17)11(16)7-4-5-8(13)10(15)9(7)14;/h4-6,11-12,17H,3,16H2,1-2H3;1H/t6?,11-,12+;/m0./s1. The van der Waals surface area contributed by atoms with Gasteiger partial charge in [-0.15, -0.1) is 12.4 Å². The molecule has 0 amide bonds. The molecule has 18 heavy (non-hydrogen) atoms. The lowest BCUT2D eigenvalue weighted by Gasteiger charge is -2.24. The molecule has 0 saturated heterocycles. The van der Waals surface area contributed by atoms with Crippen molar-refractivity contribution in [2.24, 2.45) is 11.7 Å². The number of rotatable bonds is 4. The van der Waals surface area contributed by atoms with Crippen LogP contribution in [0, 0.1) is 23.4 Å². The minimum atomic E-state index is -1.56. The van der Waals surface area contributed by atoms with E-state index in [1.54, 1.807) is 6.92 Å². The molecule has 1 rings (SSSR count). The van der Waals surface area contributed by atoms with Gasteiger partial charge in [0.05, 0.1) is 12.1 Å². The van der Waals surface area contributed by atoms with Gasteiger partial charge in [0.15, 0.2) is 17.5 Å². The number of aliphatic hydroxyl groups is 1. The van der Waals surface area contributed by atoms with Crippen LogP contribution in [0.5, 0.6) is 0 Å². The Balaban J connectivity index is 0.00000289. The maximum atomic E-state index is 13.4. The van der Waals surface area contributed by atoms with Crippen LogP contribution in [-0.2, 0) is 0 Å². The zero-order chi connectivity index (χ0) is 13.2. The van der Waals surface area contributed by atoms with Gasteiger partial charge < -0.3 is 10.8 Å². The normalized spacial score (nSPS) is 15.7. The Kier molecular flexibility index (Phi) is 6.67. The van der Waals surface area contributed by atoms with Gasteiger partial charge in [-0.3, -0.25) is 0 Å². The van der Waals surface area contributed by atoms with Crippen molar-refractivity contribution in [3.63, 3.8) is 0 Å². The molecule has 0 radical (unpaired) electrons. The summed E-state index contributed by atoms with van der Waals surface area (Å²) in [5.74, 6) is -4.32. The quantitative estimate of drug-likeness (QED) is 0.835. The summed E-state index contributed by atoms with van der Waals surface area (Å²) in [5, 5.41) is 9.82. The molecule has 6 heteroatoms. The van der Waals surface area contributed by atoms with Crippen molar-refractivity contribution in [2.75, 3.05) is 0 Å². The number of halogens is 4. The van der Waals surface area contributed by atoms with Gasteiger partial charge in [0, 0.05) is 5.56 Å². The van der Waals surface area contributed by atoms with E-state index >= 15 is 0 Å². The SMILES string of the molecule is CCC(C)[C@@H](O)[C@@H](N)c1ccc(F)c(F)c1F.Cl. The van der Waals surface area contributed by atoms with Crippen molar-refractivity contribution in [1.82, 2.24) is 0 Å². The fourth-order valence-electron chi connectivity index (χ4n) is 1.58. The Labute approximate surface area is 110 Å². The van der Waals surface area contributed by atoms with Crippen LogP contribution in [0.4, 0.5) is 13.2 Å². The van der Waals surface area contributed by atoms with Gasteiger partial charge in [0.2, 0.25) is 0 Å². The number of aliphatic hydroxyl groups excluding tert-OH is 1. The fraction of sp³-hybridized carbons (Fsp3) is 0.500. The molecule has 0 heterocycles. The molecule has 0 fully saturated rings. The smallest absolute Gasteiger partial charge is 0.194 e. The number of hydrogen-bond acceptors (Lipinski definition) is 2. The summed E-state index contributed by atoms with van der Waals surface area (Å²) >= 11 is 0. The Morgan fingerprint density at radius 2 is 1.78 bits per heavy atom. The summed E-state index contributed by atoms with van der Waals surface area (Å²) in [7, 11) is 0. The zero-order valence-corrected chi connectivity index (χ0v) is 11.0. The molecular weight excluding hydrogens is 267 g/mol. The largest absolute Gasteiger partial charge is 0.391 e. The van der Waals surface area contributed by atoms with Crippen molar-refractivity contribution in [3.8, 4) is 0 Å². The van der Waals surface area contributed by atoms with Crippen LogP contribution in [0.15, 0.2) is 12.1 Å². The van der Waals surface area contributed by atoms with E-state index in [4.69, 9.17) is 5.73 Å². The van der Waals surface area contributed by atoms with E-state index in [-0.39, 0.29) is 23.9 Å². The highest BCUT2D eigenvalue weighted by Crippen LogP contribution is 2.25. The Morgan fingerprint density at radius 3 is 2.28 bits per heavy atom. The van der Waals surface area contributed by atoms with Gasteiger partial charge in [-0.2, -0.15) is 0 Å². The second-order valence-corrected chi connectivity index (χ2v) is 4.17. The van der Waals surface area contributed by atoms with E-state index < -0.39 is 29.6 Å². The molecular formula is C12H17ClF3NO. The van der Waals surface area contributed by atoms with Gasteiger partial charge in [0.25, 0.3) is 0 Å². The Morgan fingerprint density at radius 1 is 1.22 bits per heavy atom. The van der Waals surface area contributed by atoms with Crippen LogP contribution in [0.1, 0.15) is 31.9 Å². The molecule has 1 aromatic carbocycles. The molecule has 1 unspecified atom stereocenters. The monoisotopic (exact) mass is 283 g/mol. The first-order chi connectivity index (χ1) is 7.90. The summed E-state index contributed by atoms with van der Waals surface area (Å²) in [4.78, 5) is 0. The molecule has 3 atom stereocenters. The molecule has 0 aromatic heterocycles. The van der Waals surface area contributed by atoms with E-state index in [1.807, 2.05) is 6.92 Å². The van der Waals surface area contributed by atoms with Crippen LogP contribution >= 0.6 is 12.4 Å². The summed E-state index contributed by atoms with van der Waals surface area (Å²) in [6.07, 6.45) is -0.348. The topological polar surface area (TPSA) is 46.2 Å². The molecule has 0 aliphatic heterocycles. The maximum absolute atomic E-state index is 13.4. The first-order valence-corrected chi connectivity index (χ1v) is 5.47. The van der Waals surface area contributed by atoms with E-state index in [0.717, 1.165) is 12.1 Å². The maximum Gasteiger partial charge on any atom is 0.194 e. The molecule has 3 N–H and O–H groups in total. The molecule has 0 saturated carbocycles. The highest BCUT2D eigenvalue weighted by atomic mass is 35.5. The molecule has 0 bridgehead atoms. The van der Waals surface area contributed by atoms with Crippen LogP contribution in [0.3, 0.4) is 0 Å². The van der Waals surface area contributed by atoms with Crippen molar-refractivity contribution >= 4 is 12.4 Å². The molecule has 0 aliphatic carbocycles. The van der Waals surface area contributed by atoms with Crippen molar-refractivity contribution in [3.05, 3.63) is 35.1 Å². The van der Waals surface area contributed by atoms with Gasteiger partial charge in [-0.25, -0.2) is 13.2 Å². The first kappa shape index (κ1) is 17.2. The van der Waals surface area contributed by atoms with Gasteiger partial charge >= 0.3 is 0 Å². The number of hydrogen-bond donors (Lipinski definition) is 2. The first-order valence-electron chi connectivity index (χ1n) is 5.47. The average molecular weight is 284 g/mol. The Bertz CT molecular complexity index is 403. The van der Waals surface area contributed by atoms with E-state index in [0.29, 0.717) is 6.42 Å². The van der Waals surface area contributed by atoms with Gasteiger partial charge in [-0.05, 0) is 12.0 Å². The molecule has 1 aromatic rings. The van der Waals surface area contributed by atoms with E-state index in [1.165, 1.54) is 0 Å². The average Bonchev–Trinajstić information content (AvgIpc) is 2.33. The third kappa shape index (κ3) is 3.37. The number of nitrogens with two attached hydrogens (primary N) is 1. The number of benzene rings is 1. The van der Waals surface area contributed by atoms with Gasteiger partial charge in [0.1, 0.15) is 0 Å². The van der Waals surface area contributed by atoms with Crippen LogP contribution in [0.25, 0.3) is 0 Å². The molecule has 2 nitrogen and oxygen atoms in total. The summed E-state index contributed by atoms with van der Waals surface area (Å²) in [6.45, 7) is 3.60. The van der Waals surface area contributed by atoms with Crippen LogP contribution < -0.4 is 5.73 Å². The van der Waals surface area contributed by atoms with Crippen LogP contribution in [0.2, 0.25) is 0 Å². The summed E-state index contributed by atoms with van der Waals surface area (Å²) in [6, 6.07) is 0.793. The zero-order valence-electron chi connectivity index (χ0n) is 10.2.